The highest BCUT2D eigenvalue weighted by Crippen LogP contribution is 2.55. The van der Waals surface area contributed by atoms with Gasteiger partial charge in [0.05, 0.1) is 12.7 Å². The van der Waals surface area contributed by atoms with E-state index < -0.39 is 11.7 Å². The number of carbonyl (C=O) groups excluding carboxylic acids is 1. The molecule has 0 unspecified atom stereocenters. The van der Waals surface area contributed by atoms with Crippen molar-refractivity contribution in [3.8, 4) is 5.75 Å². The maximum absolute atomic E-state index is 13.0. The summed E-state index contributed by atoms with van der Waals surface area (Å²) in [6.45, 7) is -0.0171. The molecule has 4 nitrogen and oxygen atoms in total. The Hall–Kier alpha value is -1.92. The number of methoxy groups -OCH3 is 1. The van der Waals surface area contributed by atoms with Crippen molar-refractivity contribution >= 4 is 6.03 Å². The van der Waals surface area contributed by atoms with E-state index in [1.807, 2.05) is 0 Å². The monoisotopic (exact) mass is 342 g/mol. The van der Waals surface area contributed by atoms with E-state index in [0.29, 0.717) is 11.0 Å². The maximum atomic E-state index is 13.0. The van der Waals surface area contributed by atoms with Gasteiger partial charge in [-0.3, -0.25) is 0 Å². The molecule has 2 amide bonds. The Kier molecular flexibility index (Phi) is 4.36. The predicted molar refractivity (Wildman–Crippen MR) is 82.7 cm³/mol. The lowest BCUT2D eigenvalue weighted by Crippen LogP contribution is -2.55. The average Bonchev–Trinajstić information content (AvgIpc) is 2.45. The zero-order chi connectivity index (χ0) is 17.4. The van der Waals surface area contributed by atoms with E-state index >= 15 is 0 Å². The molecule has 2 aliphatic rings. The summed E-state index contributed by atoms with van der Waals surface area (Å²) in [6, 6.07) is 3.62. The number of nitrogens with one attached hydrogen (secondary N) is 2. The van der Waals surface area contributed by atoms with Gasteiger partial charge in [-0.05, 0) is 37.2 Å². The third-order valence-electron chi connectivity index (χ3n) is 5.15. The highest BCUT2D eigenvalue weighted by atomic mass is 19.4. The molecule has 1 spiro atoms. The molecule has 24 heavy (non-hydrogen) atoms. The highest BCUT2D eigenvalue weighted by molar-refractivity contribution is 5.74. The lowest BCUT2D eigenvalue weighted by molar-refractivity contribution is -0.138. The van der Waals surface area contributed by atoms with E-state index in [-0.39, 0.29) is 24.4 Å². The summed E-state index contributed by atoms with van der Waals surface area (Å²) in [5, 5.41) is 5.50. The number of para-hydroxylation sites is 1. The average molecular weight is 342 g/mol. The molecule has 2 saturated carbocycles. The summed E-state index contributed by atoms with van der Waals surface area (Å²) in [5.74, 6) is -0.248. The van der Waals surface area contributed by atoms with Crippen LogP contribution in [0.5, 0.6) is 5.75 Å². The number of alkyl halides is 3. The first-order valence-electron chi connectivity index (χ1n) is 8.10. The normalized spacial score (nSPS) is 19.3. The molecule has 0 aliphatic heterocycles. The lowest BCUT2D eigenvalue weighted by atomic mass is 9.54. The van der Waals surface area contributed by atoms with Gasteiger partial charge in [-0.1, -0.05) is 18.6 Å². The summed E-state index contributed by atoms with van der Waals surface area (Å²) in [7, 11) is 1.20. The summed E-state index contributed by atoms with van der Waals surface area (Å²) in [5.41, 5.74) is -0.0791. The lowest BCUT2D eigenvalue weighted by Gasteiger charge is -2.54. The molecule has 0 radical (unpaired) electrons. The molecule has 1 aromatic rings. The molecule has 2 fully saturated rings. The van der Waals surface area contributed by atoms with Crippen LogP contribution in [0, 0.1) is 5.41 Å². The molecule has 132 valence electrons. The van der Waals surface area contributed by atoms with Crippen LogP contribution in [0.15, 0.2) is 18.2 Å². The van der Waals surface area contributed by atoms with Gasteiger partial charge in [-0.2, -0.15) is 13.2 Å². The molecule has 1 aromatic carbocycles. The molecular formula is C17H21F3N2O2. The number of carbonyl (C=O) groups is 1. The largest absolute Gasteiger partial charge is 0.496 e. The van der Waals surface area contributed by atoms with Gasteiger partial charge < -0.3 is 15.4 Å². The molecule has 2 aliphatic carbocycles. The third kappa shape index (κ3) is 3.30. The van der Waals surface area contributed by atoms with Crippen molar-refractivity contribution in [1.29, 1.82) is 0 Å². The molecule has 0 aromatic heterocycles. The van der Waals surface area contributed by atoms with E-state index in [9.17, 15) is 18.0 Å². The molecule has 0 heterocycles. The second kappa shape index (κ2) is 6.18. The number of amides is 2. The fraction of sp³-hybridized carbons (Fsp3) is 0.588. The summed E-state index contributed by atoms with van der Waals surface area (Å²) in [4.78, 5) is 11.9. The number of rotatable bonds is 4. The Morgan fingerprint density at radius 3 is 2.58 bits per heavy atom. The molecule has 7 heteroatoms. The Labute approximate surface area is 138 Å². The zero-order valence-corrected chi connectivity index (χ0v) is 13.5. The van der Waals surface area contributed by atoms with Crippen molar-refractivity contribution in [2.75, 3.05) is 7.11 Å². The Morgan fingerprint density at radius 2 is 2.04 bits per heavy atom. The van der Waals surface area contributed by atoms with E-state index in [0.717, 1.165) is 18.9 Å². The topological polar surface area (TPSA) is 50.4 Å². The van der Waals surface area contributed by atoms with Crippen LogP contribution in [-0.2, 0) is 12.7 Å². The number of urea groups is 1. The summed E-state index contributed by atoms with van der Waals surface area (Å²) < 4.78 is 43.8. The van der Waals surface area contributed by atoms with Crippen LogP contribution in [0.3, 0.4) is 0 Å². The number of ether oxygens (including phenoxy) is 1. The van der Waals surface area contributed by atoms with Crippen molar-refractivity contribution in [2.24, 2.45) is 5.41 Å². The minimum Gasteiger partial charge on any atom is -0.496 e. The van der Waals surface area contributed by atoms with Gasteiger partial charge in [0.15, 0.2) is 0 Å². The predicted octanol–water partition coefficient (Wildman–Crippen LogP) is 3.85. The number of hydrogen-bond acceptors (Lipinski definition) is 2. The SMILES string of the molecule is COc1c(CNC(=O)NC2CC3(CCC3)C2)cccc1C(F)(F)F. The Bertz CT molecular complexity index is 619. The van der Waals surface area contributed by atoms with Crippen molar-refractivity contribution in [3.63, 3.8) is 0 Å². The Balaban J connectivity index is 1.55. The van der Waals surface area contributed by atoms with E-state index in [1.165, 1.54) is 38.5 Å². The minimum atomic E-state index is -4.49. The van der Waals surface area contributed by atoms with Crippen LogP contribution < -0.4 is 15.4 Å². The Morgan fingerprint density at radius 1 is 1.33 bits per heavy atom. The van der Waals surface area contributed by atoms with Crippen molar-refractivity contribution in [1.82, 2.24) is 10.6 Å². The second-order valence-corrected chi connectivity index (χ2v) is 6.78. The second-order valence-electron chi connectivity index (χ2n) is 6.78. The van der Waals surface area contributed by atoms with Gasteiger partial charge in [0.25, 0.3) is 0 Å². The standard InChI is InChI=1S/C17H21F3N2O2/c1-24-14-11(4-2-5-13(14)17(18,19)20)10-21-15(23)22-12-8-16(9-12)6-3-7-16/h2,4-5,12H,3,6-10H2,1H3,(H2,21,22,23). The van der Waals surface area contributed by atoms with Crippen LogP contribution >= 0.6 is 0 Å². The van der Waals surface area contributed by atoms with Crippen molar-refractivity contribution in [2.45, 2.75) is 50.9 Å². The van der Waals surface area contributed by atoms with Gasteiger partial charge in [0.2, 0.25) is 0 Å². The number of halogens is 3. The van der Waals surface area contributed by atoms with E-state index in [4.69, 9.17) is 4.74 Å². The summed E-state index contributed by atoms with van der Waals surface area (Å²) >= 11 is 0. The van der Waals surface area contributed by atoms with Crippen LogP contribution in [0.25, 0.3) is 0 Å². The first-order valence-corrected chi connectivity index (χ1v) is 8.10. The van der Waals surface area contributed by atoms with Crippen LogP contribution in [0.1, 0.15) is 43.2 Å². The van der Waals surface area contributed by atoms with Gasteiger partial charge in [0, 0.05) is 18.2 Å². The van der Waals surface area contributed by atoms with E-state index in [2.05, 4.69) is 10.6 Å². The van der Waals surface area contributed by atoms with Crippen LogP contribution in [-0.4, -0.2) is 19.2 Å². The molecule has 0 saturated heterocycles. The molecule has 3 rings (SSSR count). The minimum absolute atomic E-state index is 0.0171. The highest BCUT2D eigenvalue weighted by Gasteiger charge is 2.48. The molecular weight excluding hydrogens is 321 g/mol. The van der Waals surface area contributed by atoms with Gasteiger partial charge in [-0.25, -0.2) is 4.79 Å². The first-order chi connectivity index (χ1) is 11.3. The van der Waals surface area contributed by atoms with Gasteiger partial charge in [0.1, 0.15) is 5.75 Å². The molecule has 0 atom stereocenters. The van der Waals surface area contributed by atoms with E-state index in [1.54, 1.807) is 0 Å². The fourth-order valence-corrected chi connectivity index (χ4v) is 3.77. The number of benzene rings is 1. The third-order valence-corrected chi connectivity index (χ3v) is 5.15. The van der Waals surface area contributed by atoms with Crippen molar-refractivity contribution in [3.05, 3.63) is 29.3 Å². The number of hydrogen-bond donors (Lipinski definition) is 2. The van der Waals surface area contributed by atoms with Crippen LogP contribution in [0.2, 0.25) is 0 Å². The van der Waals surface area contributed by atoms with Gasteiger partial charge >= 0.3 is 12.2 Å². The maximum Gasteiger partial charge on any atom is 0.419 e. The smallest absolute Gasteiger partial charge is 0.419 e. The van der Waals surface area contributed by atoms with Crippen LogP contribution in [0.4, 0.5) is 18.0 Å². The summed E-state index contributed by atoms with van der Waals surface area (Å²) in [6.07, 6.45) is 1.28. The quantitative estimate of drug-likeness (QED) is 0.873. The first kappa shape index (κ1) is 16.9. The van der Waals surface area contributed by atoms with Gasteiger partial charge in [-0.15, -0.1) is 0 Å². The zero-order valence-electron chi connectivity index (χ0n) is 13.5. The van der Waals surface area contributed by atoms with Crippen molar-refractivity contribution < 1.29 is 22.7 Å². The molecule has 2 N–H and O–H groups in total. The molecule has 0 bridgehead atoms. The fourth-order valence-electron chi connectivity index (χ4n) is 3.77.